The molecule has 0 bridgehead atoms. The fraction of sp³-hybridized carbons (Fsp3) is 0.118. The van der Waals surface area contributed by atoms with Gasteiger partial charge in [0.15, 0.2) is 0 Å². The summed E-state index contributed by atoms with van der Waals surface area (Å²) in [5, 5.41) is 11.7. The van der Waals surface area contributed by atoms with Gasteiger partial charge in [0.1, 0.15) is 5.75 Å². The Morgan fingerprint density at radius 1 is 1.14 bits per heavy atom. The Kier molecular flexibility index (Phi) is 3.78. The van der Waals surface area contributed by atoms with Gasteiger partial charge in [-0.3, -0.25) is 0 Å². The highest BCUT2D eigenvalue weighted by molar-refractivity contribution is 6.32. The fourth-order valence-corrected chi connectivity index (χ4v) is 2.33. The summed E-state index contributed by atoms with van der Waals surface area (Å²) in [5.41, 5.74) is 1.62. The van der Waals surface area contributed by atoms with Crippen molar-refractivity contribution in [2.75, 3.05) is 0 Å². The third kappa shape index (κ3) is 2.84. The van der Waals surface area contributed by atoms with Crippen LogP contribution >= 0.6 is 11.6 Å². The smallest absolute Gasteiger partial charge is 0.227 e. The van der Waals surface area contributed by atoms with E-state index in [4.69, 9.17) is 16.3 Å². The molecule has 21 heavy (non-hydrogen) atoms. The molecule has 3 rings (SSSR count). The minimum Gasteiger partial charge on any atom is -0.437 e. The van der Waals surface area contributed by atoms with E-state index in [1.165, 1.54) is 0 Å². The molecule has 4 heteroatoms. The van der Waals surface area contributed by atoms with E-state index in [2.05, 4.69) is 4.98 Å². The van der Waals surface area contributed by atoms with Crippen LogP contribution in [0, 0.1) is 6.92 Å². The zero-order chi connectivity index (χ0) is 14.8. The van der Waals surface area contributed by atoms with Gasteiger partial charge in [-0.05, 0) is 42.1 Å². The summed E-state index contributed by atoms with van der Waals surface area (Å²) >= 11 is 6.17. The molecule has 1 aromatic heterocycles. The maximum atomic E-state index is 9.34. The number of hydrogen-bond acceptors (Lipinski definition) is 3. The second-order valence-corrected chi connectivity index (χ2v) is 5.24. The molecule has 0 amide bonds. The first-order valence-corrected chi connectivity index (χ1v) is 6.98. The Labute approximate surface area is 127 Å². The van der Waals surface area contributed by atoms with Gasteiger partial charge in [-0.1, -0.05) is 35.9 Å². The highest BCUT2D eigenvalue weighted by atomic mass is 35.5. The van der Waals surface area contributed by atoms with Crippen molar-refractivity contribution in [3.8, 4) is 11.6 Å². The maximum Gasteiger partial charge on any atom is 0.227 e. The Bertz CT molecular complexity index is 802. The van der Waals surface area contributed by atoms with Crippen LogP contribution in [0.2, 0.25) is 5.02 Å². The Balaban J connectivity index is 2.13. The number of aryl methyl sites for hydroxylation is 1. The number of aliphatic hydroxyl groups excluding tert-OH is 1. The topological polar surface area (TPSA) is 42.4 Å². The van der Waals surface area contributed by atoms with E-state index in [0.29, 0.717) is 22.3 Å². The fourth-order valence-electron chi connectivity index (χ4n) is 2.17. The van der Waals surface area contributed by atoms with Gasteiger partial charge in [-0.2, -0.15) is 0 Å². The first-order chi connectivity index (χ1) is 10.2. The predicted molar refractivity (Wildman–Crippen MR) is 83.9 cm³/mol. The lowest BCUT2D eigenvalue weighted by Gasteiger charge is -2.11. The van der Waals surface area contributed by atoms with Gasteiger partial charge >= 0.3 is 0 Å². The normalized spacial score (nSPS) is 10.8. The summed E-state index contributed by atoms with van der Waals surface area (Å²) in [6.07, 6.45) is 0. The average molecular weight is 300 g/mol. The summed E-state index contributed by atoms with van der Waals surface area (Å²) in [7, 11) is 0. The molecule has 0 unspecified atom stereocenters. The molecule has 0 fully saturated rings. The zero-order valence-electron chi connectivity index (χ0n) is 11.5. The van der Waals surface area contributed by atoms with Crippen LogP contribution in [0.15, 0.2) is 48.5 Å². The van der Waals surface area contributed by atoms with Crippen molar-refractivity contribution >= 4 is 22.4 Å². The Hall–Kier alpha value is -2.10. The minimum absolute atomic E-state index is 0.136. The molecule has 0 aliphatic carbocycles. The van der Waals surface area contributed by atoms with Crippen LogP contribution in [0.1, 0.15) is 11.3 Å². The van der Waals surface area contributed by atoms with Gasteiger partial charge in [0.25, 0.3) is 0 Å². The van der Waals surface area contributed by atoms with Crippen LogP contribution in [0.5, 0.6) is 11.6 Å². The number of aliphatic hydroxyl groups is 1. The number of halogens is 1. The van der Waals surface area contributed by atoms with Crippen molar-refractivity contribution in [3.63, 3.8) is 0 Å². The van der Waals surface area contributed by atoms with Gasteiger partial charge in [-0.15, -0.1) is 0 Å². The number of fused-ring (bicyclic) bond motifs is 1. The number of benzene rings is 2. The number of aromatic nitrogens is 1. The van der Waals surface area contributed by atoms with Crippen LogP contribution in [-0.4, -0.2) is 10.1 Å². The average Bonchev–Trinajstić information content (AvgIpc) is 2.50. The zero-order valence-corrected chi connectivity index (χ0v) is 12.3. The van der Waals surface area contributed by atoms with E-state index < -0.39 is 0 Å². The molecule has 106 valence electrons. The molecule has 3 aromatic rings. The number of rotatable bonds is 3. The molecule has 1 heterocycles. The molecule has 0 aliphatic rings. The van der Waals surface area contributed by atoms with Crippen molar-refractivity contribution < 1.29 is 9.84 Å². The monoisotopic (exact) mass is 299 g/mol. The molecule has 0 saturated heterocycles. The van der Waals surface area contributed by atoms with Crippen LogP contribution in [0.3, 0.4) is 0 Å². The number of hydrogen-bond donors (Lipinski definition) is 1. The summed E-state index contributed by atoms with van der Waals surface area (Å²) in [6, 6.07) is 15.2. The van der Waals surface area contributed by atoms with Crippen molar-refractivity contribution in [2.45, 2.75) is 13.5 Å². The first-order valence-electron chi connectivity index (χ1n) is 6.61. The minimum atomic E-state index is -0.136. The van der Waals surface area contributed by atoms with E-state index >= 15 is 0 Å². The van der Waals surface area contributed by atoms with E-state index in [-0.39, 0.29) is 6.61 Å². The van der Waals surface area contributed by atoms with E-state index in [9.17, 15) is 5.11 Å². The summed E-state index contributed by atoms with van der Waals surface area (Å²) in [6.45, 7) is 1.83. The number of pyridine rings is 1. The first kappa shape index (κ1) is 13.9. The molecule has 3 nitrogen and oxygen atoms in total. The third-order valence-corrected chi connectivity index (χ3v) is 3.53. The largest absolute Gasteiger partial charge is 0.437 e. The Morgan fingerprint density at radius 3 is 2.76 bits per heavy atom. The lowest BCUT2D eigenvalue weighted by atomic mass is 10.1. The van der Waals surface area contributed by atoms with E-state index in [0.717, 1.165) is 16.3 Å². The third-order valence-electron chi connectivity index (χ3n) is 3.21. The lowest BCUT2D eigenvalue weighted by Crippen LogP contribution is -1.96. The molecule has 0 radical (unpaired) electrons. The van der Waals surface area contributed by atoms with Crippen LogP contribution < -0.4 is 4.74 Å². The van der Waals surface area contributed by atoms with Gasteiger partial charge < -0.3 is 9.84 Å². The predicted octanol–water partition coefficient (Wildman–Crippen LogP) is 4.48. The lowest BCUT2D eigenvalue weighted by molar-refractivity contribution is 0.275. The van der Waals surface area contributed by atoms with Gasteiger partial charge in [-0.25, -0.2) is 4.98 Å². The molecule has 1 N–H and O–H groups in total. The second-order valence-electron chi connectivity index (χ2n) is 4.83. The quantitative estimate of drug-likeness (QED) is 0.775. The highest BCUT2D eigenvalue weighted by Gasteiger charge is 2.10. The molecular formula is C17H14ClNO2. The van der Waals surface area contributed by atoms with Gasteiger partial charge in [0.05, 0.1) is 17.3 Å². The second kappa shape index (κ2) is 5.72. The van der Waals surface area contributed by atoms with Crippen molar-refractivity contribution in [1.82, 2.24) is 4.98 Å². The SMILES string of the molecule is Cc1ccc(Cl)c(Oc2nc(CO)cc3ccccc23)c1. The number of ether oxygens (including phenoxy) is 1. The van der Waals surface area contributed by atoms with Crippen molar-refractivity contribution in [1.29, 1.82) is 0 Å². The highest BCUT2D eigenvalue weighted by Crippen LogP contribution is 2.33. The standard InChI is InChI=1S/C17H14ClNO2/c1-11-6-7-15(18)16(8-11)21-17-14-5-3-2-4-12(14)9-13(10-20)19-17/h2-9,20H,10H2,1H3. The molecule has 0 atom stereocenters. The van der Waals surface area contributed by atoms with Crippen molar-refractivity contribution in [2.24, 2.45) is 0 Å². The molecule has 0 aliphatic heterocycles. The summed E-state index contributed by atoms with van der Waals surface area (Å²) in [5.74, 6) is 1.01. The van der Waals surface area contributed by atoms with Crippen LogP contribution in [0.25, 0.3) is 10.8 Å². The maximum absolute atomic E-state index is 9.34. The Morgan fingerprint density at radius 2 is 1.95 bits per heavy atom. The van der Waals surface area contributed by atoms with E-state index in [1.807, 2.05) is 49.4 Å². The van der Waals surface area contributed by atoms with E-state index in [1.54, 1.807) is 6.07 Å². The molecule has 0 saturated carbocycles. The van der Waals surface area contributed by atoms with Gasteiger partial charge in [0.2, 0.25) is 5.88 Å². The van der Waals surface area contributed by atoms with Crippen LogP contribution in [-0.2, 0) is 6.61 Å². The van der Waals surface area contributed by atoms with Gasteiger partial charge in [0, 0.05) is 5.39 Å². The molecular weight excluding hydrogens is 286 g/mol. The van der Waals surface area contributed by atoms with Crippen LogP contribution in [0.4, 0.5) is 0 Å². The van der Waals surface area contributed by atoms with Crippen molar-refractivity contribution in [3.05, 3.63) is 64.8 Å². The summed E-state index contributed by atoms with van der Waals surface area (Å²) in [4.78, 5) is 4.35. The summed E-state index contributed by atoms with van der Waals surface area (Å²) < 4.78 is 5.89. The molecule has 2 aromatic carbocycles. The number of nitrogens with zero attached hydrogens (tertiary/aromatic N) is 1. The molecule has 0 spiro atoms.